The number of carbonyl (C=O) groups excluding carboxylic acids is 3. The number of alkyl carbamates (subject to hydrolysis) is 1. The normalized spacial score (nSPS) is 18.4. The number of hydrogen-bond donors (Lipinski definition) is 2. The van der Waals surface area contributed by atoms with E-state index < -0.39 is 6.09 Å². The van der Waals surface area contributed by atoms with Gasteiger partial charge in [-0.05, 0) is 56.4 Å². The smallest absolute Gasteiger partial charge is 0.407 e. The van der Waals surface area contributed by atoms with E-state index in [-0.39, 0.29) is 17.9 Å². The van der Waals surface area contributed by atoms with Gasteiger partial charge in [0.25, 0.3) is 0 Å². The Bertz CT molecular complexity index is 752. The van der Waals surface area contributed by atoms with Crippen molar-refractivity contribution in [1.29, 1.82) is 0 Å². The van der Waals surface area contributed by atoms with Gasteiger partial charge in [-0.3, -0.25) is 9.59 Å². The third-order valence-electron chi connectivity index (χ3n) is 5.15. The Hall–Kier alpha value is -2.77. The van der Waals surface area contributed by atoms with E-state index in [2.05, 4.69) is 10.6 Å². The minimum atomic E-state index is -0.426. The number of hydrogen-bond acceptors (Lipinski definition) is 5. The first-order chi connectivity index (χ1) is 14.0. The van der Waals surface area contributed by atoms with Gasteiger partial charge in [0.05, 0.1) is 13.2 Å². The summed E-state index contributed by atoms with van der Waals surface area (Å²) in [5, 5.41) is 5.66. The Balaban J connectivity index is 1.38. The molecule has 2 heterocycles. The fourth-order valence-corrected chi connectivity index (χ4v) is 3.68. The standard InChI is InChI=1S/C21H29N3O5/c1-2-28-21(27)22-16-5-3-11-24(14-16)20(26)6-4-12-29-17-8-9-18-15(13-17)7-10-19(25)23-18/h8-9,13,16H,2-7,10-12,14H2,1H3,(H,22,27)(H,23,25). The maximum Gasteiger partial charge on any atom is 0.407 e. The number of likely N-dealkylation sites (tertiary alicyclic amines) is 1. The fourth-order valence-electron chi connectivity index (χ4n) is 3.68. The van der Waals surface area contributed by atoms with Gasteiger partial charge in [0, 0.05) is 37.7 Å². The average molecular weight is 403 g/mol. The molecule has 1 aromatic rings. The highest BCUT2D eigenvalue weighted by Gasteiger charge is 2.24. The summed E-state index contributed by atoms with van der Waals surface area (Å²) in [7, 11) is 0. The molecule has 0 bridgehead atoms. The Morgan fingerprint density at radius 2 is 2.17 bits per heavy atom. The van der Waals surface area contributed by atoms with Gasteiger partial charge >= 0.3 is 6.09 Å². The zero-order chi connectivity index (χ0) is 20.6. The van der Waals surface area contributed by atoms with Gasteiger partial charge in [-0.25, -0.2) is 4.79 Å². The highest BCUT2D eigenvalue weighted by molar-refractivity contribution is 5.94. The quantitative estimate of drug-likeness (QED) is 0.682. The molecule has 8 heteroatoms. The first kappa shape index (κ1) is 21.0. The minimum absolute atomic E-state index is 0.0436. The van der Waals surface area contributed by atoms with Gasteiger partial charge in [-0.1, -0.05) is 0 Å². The Morgan fingerprint density at radius 1 is 1.31 bits per heavy atom. The molecule has 3 rings (SSSR count). The Kier molecular flexibility index (Phi) is 7.32. The summed E-state index contributed by atoms with van der Waals surface area (Å²) in [5.74, 6) is 0.878. The molecule has 158 valence electrons. The molecular weight excluding hydrogens is 374 g/mol. The molecule has 0 spiro atoms. The lowest BCUT2D eigenvalue weighted by Gasteiger charge is -2.33. The number of ether oxygens (including phenoxy) is 2. The van der Waals surface area contributed by atoms with Crippen LogP contribution in [0.3, 0.4) is 0 Å². The van der Waals surface area contributed by atoms with Gasteiger partial charge in [0.1, 0.15) is 5.75 Å². The van der Waals surface area contributed by atoms with Crippen molar-refractivity contribution in [1.82, 2.24) is 10.2 Å². The molecule has 0 radical (unpaired) electrons. The lowest BCUT2D eigenvalue weighted by atomic mass is 10.0. The van der Waals surface area contributed by atoms with Crippen LogP contribution in [0.25, 0.3) is 0 Å². The number of piperidine rings is 1. The second kappa shape index (κ2) is 10.1. The predicted octanol–water partition coefficient (Wildman–Crippen LogP) is 2.47. The summed E-state index contributed by atoms with van der Waals surface area (Å²) in [6.45, 7) is 3.79. The van der Waals surface area contributed by atoms with Gasteiger partial charge in [-0.15, -0.1) is 0 Å². The zero-order valence-electron chi connectivity index (χ0n) is 16.9. The van der Waals surface area contributed by atoms with Crippen LogP contribution in [0.4, 0.5) is 10.5 Å². The fraction of sp³-hybridized carbons (Fsp3) is 0.571. The van der Waals surface area contributed by atoms with Gasteiger partial charge in [0.2, 0.25) is 11.8 Å². The van der Waals surface area contributed by atoms with Crippen molar-refractivity contribution in [2.75, 3.05) is 31.6 Å². The first-order valence-electron chi connectivity index (χ1n) is 10.3. The number of rotatable bonds is 7. The van der Waals surface area contributed by atoms with E-state index in [1.54, 1.807) is 6.92 Å². The van der Waals surface area contributed by atoms with Crippen molar-refractivity contribution < 1.29 is 23.9 Å². The molecule has 0 aliphatic carbocycles. The van der Waals surface area contributed by atoms with Crippen LogP contribution in [-0.4, -0.2) is 55.2 Å². The monoisotopic (exact) mass is 403 g/mol. The Morgan fingerprint density at radius 3 is 3.00 bits per heavy atom. The van der Waals surface area contributed by atoms with Crippen LogP contribution < -0.4 is 15.4 Å². The van der Waals surface area contributed by atoms with E-state index in [0.717, 1.165) is 36.4 Å². The largest absolute Gasteiger partial charge is 0.494 e. The molecule has 2 aliphatic rings. The maximum absolute atomic E-state index is 12.5. The second-order valence-corrected chi connectivity index (χ2v) is 7.36. The number of fused-ring (bicyclic) bond motifs is 1. The van der Waals surface area contributed by atoms with Crippen LogP contribution in [-0.2, 0) is 20.7 Å². The van der Waals surface area contributed by atoms with Crippen molar-refractivity contribution in [2.24, 2.45) is 0 Å². The van der Waals surface area contributed by atoms with E-state index in [9.17, 15) is 14.4 Å². The molecule has 2 N–H and O–H groups in total. The van der Waals surface area contributed by atoms with E-state index in [1.165, 1.54) is 0 Å². The molecule has 0 saturated carbocycles. The van der Waals surface area contributed by atoms with E-state index in [1.807, 2.05) is 23.1 Å². The number of carbonyl (C=O) groups is 3. The van der Waals surface area contributed by atoms with Crippen LogP contribution in [0.5, 0.6) is 5.75 Å². The molecule has 1 atom stereocenters. The number of aryl methyl sites for hydroxylation is 1. The number of anilines is 1. The van der Waals surface area contributed by atoms with Crippen LogP contribution >= 0.6 is 0 Å². The van der Waals surface area contributed by atoms with Crippen LogP contribution in [0.1, 0.15) is 44.6 Å². The molecular formula is C21H29N3O5. The molecule has 8 nitrogen and oxygen atoms in total. The number of benzene rings is 1. The van der Waals surface area contributed by atoms with E-state index in [0.29, 0.717) is 45.4 Å². The summed E-state index contributed by atoms with van der Waals surface area (Å²) in [6, 6.07) is 5.59. The molecule has 2 aliphatic heterocycles. The molecule has 1 fully saturated rings. The van der Waals surface area contributed by atoms with E-state index in [4.69, 9.17) is 9.47 Å². The number of amides is 3. The molecule has 0 aromatic heterocycles. The molecule has 3 amide bonds. The van der Waals surface area contributed by atoms with Crippen LogP contribution in [0.15, 0.2) is 18.2 Å². The third-order valence-corrected chi connectivity index (χ3v) is 5.15. The molecule has 1 unspecified atom stereocenters. The van der Waals surface area contributed by atoms with Crippen molar-refractivity contribution in [3.63, 3.8) is 0 Å². The minimum Gasteiger partial charge on any atom is -0.494 e. The lowest BCUT2D eigenvalue weighted by Crippen LogP contribution is -2.49. The van der Waals surface area contributed by atoms with Gasteiger partial charge in [0.15, 0.2) is 0 Å². The predicted molar refractivity (Wildman–Crippen MR) is 108 cm³/mol. The summed E-state index contributed by atoms with van der Waals surface area (Å²) in [5.41, 5.74) is 1.92. The molecule has 1 aromatic carbocycles. The average Bonchev–Trinajstić information content (AvgIpc) is 2.71. The summed E-state index contributed by atoms with van der Waals surface area (Å²) >= 11 is 0. The topological polar surface area (TPSA) is 97.0 Å². The lowest BCUT2D eigenvalue weighted by molar-refractivity contribution is -0.132. The first-order valence-corrected chi connectivity index (χ1v) is 10.3. The summed E-state index contributed by atoms with van der Waals surface area (Å²) in [4.78, 5) is 37.3. The second-order valence-electron chi connectivity index (χ2n) is 7.36. The van der Waals surface area contributed by atoms with Crippen molar-refractivity contribution >= 4 is 23.6 Å². The highest BCUT2D eigenvalue weighted by Crippen LogP contribution is 2.26. The maximum atomic E-state index is 12.5. The van der Waals surface area contributed by atoms with Crippen LogP contribution in [0, 0.1) is 0 Å². The van der Waals surface area contributed by atoms with Gasteiger partial charge < -0.3 is 25.0 Å². The Labute approximate surface area is 170 Å². The van der Waals surface area contributed by atoms with E-state index >= 15 is 0 Å². The number of nitrogens with one attached hydrogen (secondary N) is 2. The summed E-state index contributed by atoms with van der Waals surface area (Å²) < 4.78 is 10.7. The highest BCUT2D eigenvalue weighted by atomic mass is 16.5. The van der Waals surface area contributed by atoms with Crippen molar-refractivity contribution in [3.8, 4) is 5.75 Å². The van der Waals surface area contributed by atoms with Crippen LogP contribution in [0.2, 0.25) is 0 Å². The summed E-state index contributed by atoms with van der Waals surface area (Å²) in [6.07, 6.45) is 3.53. The van der Waals surface area contributed by atoms with Gasteiger partial charge in [-0.2, -0.15) is 0 Å². The SMILES string of the molecule is CCOC(=O)NC1CCCN(C(=O)CCCOc2ccc3c(c2)CCC(=O)N3)C1. The third kappa shape index (κ3) is 6.10. The molecule has 29 heavy (non-hydrogen) atoms. The number of nitrogens with zero attached hydrogens (tertiary/aromatic N) is 1. The van der Waals surface area contributed by atoms with Crippen molar-refractivity contribution in [2.45, 2.75) is 51.5 Å². The van der Waals surface area contributed by atoms with Crippen molar-refractivity contribution in [3.05, 3.63) is 23.8 Å². The zero-order valence-corrected chi connectivity index (χ0v) is 16.9. The molecule has 1 saturated heterocycles.